The molecular formula is C19H14N2O2S2. The van der Waals surface area contributed by atoms with Crippen LogP contribution in [0.1, 0.15) is 0 Å². The molecule has 0 radical (unpaired) electrons. The molecule has 0 aliphatic carbocycles. The summed E-state index contributed by atoms with van der Waals surface area (Å²) in [5, 5.41) is 12.3. The number of anilines is 2. The van der Waals surface area contributed by atoms with E-state index in [1.807, 2.05) is 48.5 Å². The summed E-state index contributed by atoms with van der Waals surface area (Å²) in [6.07, 6.45) is 1.44. The lowest BCUT2D eigenvalue weighted by molar-refractivity contribution is -0.645. The minimum Gasteiger partial charge on any atom is -0.618 e. The van der Waals surface area contributed by atoms with Crippen molar-refractivity contribution in [3.05, 3.63) is 78.1 Å². The van der Waals surface area contributed by atoms with Gasteiger partial charge in [-0.15, -0.1) is 0 Å². The van der Waals surface area contributed by atoms with E-state index in [-0.39, 0.29) is 11.7 Å². The lowest BCUT2D eigenvalue weighted by atomic mass is 10.2. The Morgan fingerprint density at radius 1 is 0.960 bits per heavy atom. The quantitative estimate of drug-likeness (QED) is 0.395. The Morgan fingerprint density at radius 2 is 1.56 bits per heavy atom. The number of aromatic nitrogens is 1. The van der Waals surface area contributed by atoms with Crippen LogP contribution in [0, 0.1) is 5.21 Å². The van der Waals surface area contributed by atoms with Gasteiger partial charge in [-0.1, -0.05) is 36.0 Å². The zero-order valence-corrected chi connectivity index (χ0v) is 14.8. The second kappa shape index (κ2) is 6.82. The summed E-state index contributed by atoms with van der Waals surface area (Å²) in [7, 11) is 0. The zero-order valence-electron chi connectivity index (χ0n) is 13.2. The minimum atomic E-state index is -0.0472. The molecule has 2 heterocycles. The van der Waals surface area contributed by atoms with Crippen LogP contribution >= 0.6 is 23.5 Å². The molecule has 0 bridgehead atoms. The van der Waals surface area contributed by atoms with Crippen LogP contribution in [0.3, 0.4) is 0 Å². The molecule has 6 heteroatoms. The van der Waals surface area contributed by atoms with Gasteiger partial charge in [-0.05, 0) is 42.1 Å². The number of amides is 1. The Hall–Kier alpha value is -2.44. The highest BCUT2D eigenvalue weighted by Crippen LogP contribution is 2.48. The molecule has 0 N–H and O–H groups in total. The molecule has 1 aromatic heterocycles. The third-order valence-corrected chi connectivity index (χ3v) is 5.95. The molecule has 4 rings (SSSR count). The molecule has 0 unspecified atom stereocenters. The number of benzene rings is 2. The second-order valence-corrected chi connectivity index (χ2v) is 7.50. The number of carbonyl (C=O) groups is 1. The van der Waals surface area contributed by atoms with Gasteiger partial charge in [-0.2, -0.15) is 4.73 Å². The Kier molecular flexibility index (Phi) is 4.38. The summed E-state index contributed by atoms with van der Waals surface area (Å²) in [6, 6.07) is 21.0. The second-order valence-electron chi connectivity index (χ2n) is 5.42. The standard InChI is InChI=1S/C19H14N2O2S2/c22-18(13-24-19-11-5-6-12-20(19)23)21-14-7-1-3-9-16(14)25-17-10-4-2-8-15(17)21/h1-12H,13H2. The first-order valence-electron chi connectivity index (χ1n) is 7.74. The monoisotopic (exact) mass is 366 g/mol. The topological polar surface area (TPSA) is 47.2 Å². The van der Waals surface area contributed by atoms with Crippen LogP contribution in [0.5, 0.6) is 0 Å². The van der Waals surface area contributed by atoms with E-state index < -0.39 is 0 Å². The molecular weight excluding hydrogens is 352 g/mol. The number of nitrogens with zero attached hydrogens (tertiary/aromatic N) is 2. The van der Waals surface area contributed by atoms with Crippen molar-refractivity contribution >= 4 is 40.8 Å². The number of rotatable bonds is 3. The Labute approximate surface area is 154 Å². The fraction of sp³-hybridized carbons (Fsp3) is 0.0526. The maximum Gasteiger partial charge on any atom is 0.251 e. The van der Waals surface area contributed by atoms with Crippen LogP contribution < -0.4 is 9.63 Å². The Balaban J connectivity index is 1.65. The predicted octanol–water partition coefficient (Wildman–Crippen LogP) is 4.24. The minimum absolute atomic E-state index is 0.0472. The fourth-order valence-electron chi connectivity index (χ4n) is 2.70. The summed E-state index contributed by atoms with van der Waals surface area (Å²) in [6.45, 7) is 0. The normalized spacial score (nSPS) is 12.4. The average molecular weight is 366 g/mol. The molecule has 2 aromatic carbocycles. The molecule has 4 nitrogen and oxygen atoms in total. The van der Waals surface area contributed by atoms with Crippen molar-refractivity contribution in [3.63, 3.8) is 0 Å². The molecule has 1 amide bonds. The van der Waals surface area contributed by atoms with Crippen LogP contribution in [0.2, 0.25) is 0 Å². The highest BCUT2D eigenvalue weighted by molar-refractivity contribution is 8.00. The molecule has 0 fully saturated rings. The van der Waals surface area contributed by atoms with E-state index in [2.05, 4.69) is 0 Å². The first-order valence-corrected chi connectivity index (χ1v) is 9.54. The number of para-hydroxylation sites is 2. The molecule has 0 saturated heterocycles. The summed E-state index contributed by atoms with van der Waals surface area (Å²) >= 11 is 2.92. The molecule has 1 aliphatic heterocycles. The van der Waals surface area contributed by atoms with E-state index in [9.17, 15) is 10.0 Å². The van der Waals surface area contributed by atoms with E-state index >= 15 is 0 Å². The van der Waals surface area contributed by atoms with Gasteiger partial charge in [-0.3, -0.25) is 9.69 Å². The van der Waals surface area contributed by atoms with Crippen LogP contribution in [0.15, 0.2) is 87.7 Å². The van der Waals surface area contributed by atoms with Gasteiger partial charge in [-0.25, -0.2) is 0 Å². The van der Waals surface area contributed by atoms with Crippen molar-refractivity contribution in [1.29, 1.82) is 0 Å². The number of carbonyl (C=O) groups excluding carboxylic acids is 1. The summed E-state index contributed by atoms with van der Waals surface area (Å²) in [5.41, 5.74) is 1.78. The summed E-state index contributed by atoms with van der Waals surface area (Å²) in [4.78, 5) is 16.9. The SMILES string of the molecule is O=C(CSc1cccc[n+]1[O-])N1c2ccccc2Sc2ccccc21. The van der Waals surface area contributed by atoms with Gasteiger partial charge in [0.15, 0.2) is 6.20 Å². The average Bonchev–Trinajstić information content (AvgIpc) is 2.65. The summed E-state index contributed by atoms with van der Waals surface area (Å²) in [5.74, 6) is 0.147. The molecule has 25 heavy (non-hydrogen) atoms. The zero-order chi connectivity index (χ0) is 17.2. The Morgan fingerprint density at radius 3 is 2.20 bits per heavy atom. The fourth-order valence-corrected chi connectivity index (χ4v) is 4.52. The van der Waals surface area contributed by atoms with Crippen molar-refractivity contribution in [2.45, 2.75) is 14.8 Å². The third kappa shape index (κ3) is 3.10. The third-order valence-electron chi connectivity index (χ3n) is 3.81. The lowest BCUT2D eigenvalue weighted by Gasteiger charge is -2.30. The maximum atomic E-state index is 13.0. The van der Waals surface area contributed by atoms with E-state index in [1.165, 1.54) is 18.0 Å². The molecule has 0 saturated carbocycles. The van der Waals surface area contributed by atoms with Crippen molar-refractivity contribution in [2.24, 2.45) is 0 Å². The lowest BCUT2D eigenvalue weighted by Crippen LogP contribution is -2.32. The van der Waals surface area contributed by atoms with Gasteiger partial charge in [0.2, 0.25) is 5.91 Å². The van der Waals surface area contributed by atoms with E-state index in [0.29, 0.717) is 5.03 Å². The van der Waals surface area contributed by atoms with Crippen LogP contribution in [0.25, 0.3) is 0 Å². The first-order chi connectivity index (χ1) is 12.2. The Bertz CT molecular complexity index is 900. The number of pyridine rings is 1. The van der Waals surface area contributed by atoms with E-state index in [4.69, 9.17) is 0 Å². The highest BCUT2D eigenvalue weighted by Gasteiger charge is 2.28. The number of thioether (sulfide) groups is 1. The van der Waals surface area contributed by atoms with Crippen molar-refractivity contribution in [3.8, 4) is 0 Å². The number of hydrogen-bond donors (Lipinski definition) is 0. The van der Waals surface area contributed by atoms with E-state index in [1.54, 1.807) is 34.9 Å². The highest BCUT2D eigenvalue weighted by atomic mass is 32.2. The van der Waals surface area contributed by atoms with Crippen LogP contribution in [-0.4, -0.2) is 11.7 Å². The largest absolute Gasteiger partial charge is 0.618 e. The summed E-state index contributed by atoms with van der Waals surface area (Å²) < 4.78 is 0.784. The number of hydrogen-bond acceptors (Lipinski definition) is 4. The molecule has 0 spiro atoms. The van der Waals surface area contributed by atoms with Gasteiger partial charge in [0, 0.05) is 21.9 Å². The van der Waals surface area contributed by atoms with Crippen LogP contribution in [-0.2, 0) is 4.79 Å². The molecule has 0 atom stereocenters. The number of fused-ring (bicyclic) bond motifs is 2. The van der Waals surface area contributed by atoms with Gasteiger partial charge in [0.1, 0.15) is 0 Å². The van der Waals surface area contributed by atoms with Crippen molar-refractivity contribution in [1.82, 2.24) is 0 Å². The molecule has 124 valence electrons. The first kappa shape index (κ1) is 16.1. The van der Waals surface area contributed by atoms with Gasteiger partial charge in [0.25, 0.3) is 5.03 Å². The van der Waals surface area contributed by atoms with Gasteiger partial charge < -0.3 is 5.21 Å². The predicted molar refractivity (Wildman–Crippen MR) is 100 cm³/mol. The van der Waals surface area contributed by atoms with Crippen LogP contribution in [0.4, 0.5) is 11.4 Å². The van der Waals surface area contributed by atoms with E-state index in [0.717, 1.165) is 25.9 Å². The molecule has 3 aromatic rings. The smallest absolute Gasteiger partial charge is 0.251 e. The van der Waals surface area contributed by atoms with Gasteiger partial charge in [0.05, 0.1) is 17.1 Å². The van der Waals surface area contributed by atoms with Crippen molar-refractivity contribution in [2.75, 3.05) is 10.7 Å². The van der Waals surface area contributed by atoms with Gasteiger partial charge >= 0.3 is 0 Å². The maximum absolute atomic E-state index is 13.0. The van der Waals surface area contributed by atoms with Crippen molar-refractivity contribution < 1.29 is 9.52 Å². The molecule has 1 aliphatic rings.